The minimum atomic E-state index is -0.0998. The number of nitrogens with one attached hydrogen (secondary N) is 1. The van der Waals surface area contributed by atoms with Gasteiger partial charge in [-0.25, -0.2) is 4.98 Å². The fraction of sp³-hybridized carbons (Fsp3) is 0.391. The number of nitrogens with zero attached hydrogens (tertiary/aromatic N) is 2. The molecule has 0 fully saturated rings. The van der Waals surface area contributed by atoms with Crippen LogP contribution in [0.25, 0.3) is 11.0 Å². The molecule has 1 heterocycles. The lowest BCUT2D eigenvalue weighted by Crippen LogP contribution is -2.30. The third-order valence-corrected chi connectivity index (χ3v) is 4.68. The van der Waals surface area contributed by atoms with Crippen molar-refractivity contribution < 1.29 is 9.53 Å². The molecule has 1 aromatic heterocycles. The van der Waals surface area contributed by atoms with E-state index in [-0.39, 0.29) is 12.5 Å². The standard InChI is InChI=1S/C23H29N3O2/c1-18(2)14-16-26-21-12-7-6-11-20(21)25-22(26)13-8-15-24-23(27)17-28-19-9-4-3-5-10-19/h3-7,9-12,18H,8,13-17H2,1-2H3,(H,24,27). The zero-order chi connectivity index (χ0) is 19.8. The molecule has 0 spiro atoms. The van der Waals surface area contributed by atoms with E-state index in [0.717, 1.165) is 37.1 Å². The number of ether oxygens (including phenoxy) is 1. The second-order valence-corrected chi connectivity index (χ2v) is 7.41. The van der Waals surface area contributed by atoms with Crippen LogP contribution in [0.5, 0.6) is 5.75 Å². The zero-order valence-corrected chi connectivity index (χ0v) is 16.7. The van der Waals surface area contributed by atoms with Crippen molar-refractivity contribution in [1.29, 1.82) is 0 Å². The Labute approximate surface area is 166 Å². The number of hydrogen-bond donors (Lipinski definition) is 1. The molecule has 5 heteroatoms. The van der Waals surface area contributed by atoms with Crippen LogP contribution in [-0.2, 0) is 17.8 Å². The first-order chi connectivity index (χ1) is 13.6. The molecule has 1 N–H and O–H groups in total. The zero-order valence-electron chi connectivity index (χ0n) is 16.7. The van der Waals surface area contributed by atoms with E-state index in [0.29, 0.717) is 18.2 Å². The maximum absolute atomic E-state index is 12.0. The molecule has 1 amide bonds. The van der Waals surface area contributed by atoms with Gasteiger partial charge in [0.2, 0.25) is 0 Å². The number of fused-ring (bicyclic) bond motifs is 1. The van der Waals surface area contributed by atoms with Crippen molar-refractivity contribution in [2.75, 3.05) is 13.2 Å². The van der Waals surface area contributed by atoms with Crippen molar-refractivity contribution in [2.45, 2.75) is 39.7 Å². The predicted molar refractivity (Wildman–Crippen MR) is 112 cm³/mol. The summed E-state index contributed by atoms with van der Waals surface area (Å²) >= 11 is 0. The Balaban J connectivity index is 1.49. The maximum atomic E-state index is 12.0. The minimum absolute atomic E-state index is 0.0386. The number of rotatable bonds is 10. The lowest BCUT2D eigenvalue weighted by atomic mass is 10.1. The molecule has 148 valence electrons. The summed E-state index contributed by atoms with van der Waals surface area (Å²) in [6.07, 6.45) is 2.82. The summed E-state index contributed by atoms with van der Waals surface area (Å²) in [5.74, 6) is 2.35. The number of amides is 1. The SMILES string of the molecule is CC(C)CCn1c(CCCNC(=O)COc2ccccc2)nc2ccccc21. The first kappa shape index (κ1) is 19.9. The van der Waals surface area contributed by atoms with Gasteiger partial charge in [0, 0.05) is 19.5 Å². The van der Waals surface area contributed by atoms with Crippen LogP contribution in [0.3, 0.4) is 0 Å². The lowest BCUT2D eigenvalue weighted by molar-refractivity contribution is -0.123. The summed E-state index contributed by atoms with van der Waals surface area (Å²) in [5.41, 5.74) is 2.24. The topological polar surface area (TPSA) is 56.2 Å². The van der Waals surface area contributed by atoms with E-state index in [2.05, 4.69) is 41.9 Å². The normalized spacial score (nSPS) is 11.1. The Morgan fingerprint density at radius 3 is 2.64 bits per heavy atom. The third-order valence-electron chi connectivity index (χ3n) is 4.68. The summed E-state index contributed by atoms with van der Waals surface area (Å²) < 4.78 is 7.80. The molecule has 0 saturated carbocycles. The van der Waals surface area contributed by atoms with Gasteiger partial charge in [0.15, 0.2) is 6.61 Å². The molecule has 2 aromatic carbocycles. The van der Waals surface area contributed by atoms with E-state index in [1.807, 2.05) is 36.4 Å². The number of aryl methyl sites for hydroxylation is 2. The van der Waals surface area contributed by atoms with Crippen molar-refractivity contribution in [3.63, 3.8) is 0 Å². The van der Waals surface area contributed by atoms with Crippen molar-refractivity contribution in [2.24, 2.45) is 5.92 Å². The quantitative estimate of drug-likeness (QED) is 0.537. The van der Waals surface area contributed by atoms with E-state index in [1.165, 1.54) is 5.52 Å². The van der Waals surface area contributed by atoms with E-state index >= 15 is 0 Å². The summed E-state index contributed by atoms with van der Waals surface area (Å²) in [4.78, 5) is 16.8. The third kappa shape index (κ3) is 5.59. The van der Waals surface area contributed by atoms with Crippen LogP contribution >= 0.6 is 0 Å². The smallest absolute Gasteiger partial charge is 0.257 e. The molecule has 5 nitrogen and oxygen atoms in total. The molecule has 0 aliphatic rings. The first-order valence-corrected chi connectivity index (χ1v) is 10.0. The van der Waals surface area contributed by atoms with Crippen LogP contribution in [0, 0.1) is 5.92 Å². The highest BCUT2D eigenvalue weighted by Gasteiger charge is 2.11. The molecular weight excluding hydrogens is 350 g/mol. The molecule has 28 heavy (non-hydrogen) atoms. The van der Waals surface area contributed by atoms with Gasteiger partial charge in [0.25, 0.3) is 5.91 Å². The molecule has 3 aromatic rings. The lowest BCUT2D eigenvalue weighted by Gasteiger charge is -2.11. The fourth-order valence-corrected chi connectivity index (χ4v) is 3.14. The molecular formula is C23H29N3O2. The first-order valence-electron chi connectivity index (χ1n) is 10.0. The number of aromatic nitrogens is 2. The number of carbonyl (C=O) groups is 1. The molecule has 0 aliphatic carbocycles. The van der Waals surface area contributed by atoms with Gasteiger partial charge in [-0.05, 0) is 43.0 Å². The summed E-state index contributed by atoms with van der Waals surface area (Å²) in [7, 11) is 0. The van der Waals surface area contributed by atoms with Crippen molar-refractivity contribution in [1.82, 2.24) is 14.9 Å². The van der Waals surface area contributed by atoms with Crippen molar-refractivity contribution in [3.05, 3.63) is 60.4 Å². The second-order valence-electron chi connectivity index (χ2n) is 7.41. The van der Waals surface area contributed by atoms with E-state index in [9.17, 15) is 4.79 Å². The van der Waals surface area contributed by atoms with Crippen LogP contribution in [0.4, 0.5) is 0 Å². The number of para-hydroxylation sites is 3. The predicted octanol–water partition coefficient (Wildman–Crippen LogP) is 4.21. The highest BCUT2D eigenvalue weighted by Crippen LogP contribution is 2.18. The van der Waals surface area contributed by atoms with E-state index < -0.39 is 0 Å². The van der Waals surface area contributed by atoms with Crippen molar-refractivity contribution in [3.8, 4) is 5.75 Å². The van der Waals surface area contributed by atoms with E-state index in [4.69, 9.17) is 9.72 Å². The minimum Gasteiger partial charge on any atom is -0.484 e. The molecule has 0 bridgehead atoms. The Morgan fingerprint density at radius 2 is 1.86 bits per heavy atom. The Kier molecular flexibility index (Phi) is 7.06. The summed E-state index contributed by atoms with van der Waals surface area (Å²) in [6.45, 7) is 6.11. The van der Waals surface area contributed by atoms with Crippen LogP contribution in [0.2, 0.25) is 0 Å². The number of carbonyl (C=O) groups excluding carboxylic acids is 1. The second kappa shape index (κ2) is 9.93. The van der Waals surface area contributed by atoms with E-state index in [1.54, 1.807) is 0 Å². The van der Waals surface area contributed by atoms with Gasteiger partial charge in [0.1, 0.15) is 11.6 Å². The van der Waals surface area contributed by atoms with Gasteiger partial charge in [-0.15, -0.1) is 0 Å². The summed E-state index contributed by atoms with van der Waals surface area (Å²) in [6, 6.07) is 17.7. The summed E-state index contributed by atoms with van der Waals surface area (Å²) in [5, 5.41) is 2.93. The van der Waals surface area contributed by atoms with Crippen LogP contribution < -0.4 is 10.1 Å². The van der Waals surface area contributed by atoms with Gasteiger partial charge in [-0.1, -0.05) is 44.2 Å². The Hall–Kier alpha value is -2.82. The fourth-order valence-electron chi connectivity index (χ4n) is 3.14. The Morgan fingerprint density at radius 1 is 1.11 bits per heavy atom. The van der Waals surface area contributed by atoms with Gasteiger partial charge < -0.3 is 14.6 Å². The molecule has 0 atom stereocenters. The monoisotopic (exact) mass is 379 g/mol. The van der Waals surface area contributed by atoms with Gasteiger partial charge in [0.05, 0.1) is 11.0 Å². The highest BCUT2D eigenvalue weighted by atomic mass is 16.5. The van der Waals surface area contributed by atoms with Gasteiger partial charge in [-0.2, -0.15) is 0 Å². The van der Waals surface area contributed by atoms with Gasteiger partial charge in [-0.3, -0.25) is 4.79 Å². The van der Waals surface area contributed by atoms with Crippen molar-refractivity contribution >= 4 is 16.9 Å². The van der Waals surface area contributed by atoms with Crippen LogP contribution in [0.1, 0.15) is 32.5 Å². The number of benzene rings is 2. The molecule has 0 aliphatic heterocycles. The molecule has 3 rings (SSSR count). The molecule has 0 radical (unpaired) electrons. The van der Waals surface area contributed by atoms with Gasteiger partial charge >= 0.3 is 0 Å². The highest BCUT2D eigenvalue weighted by molar-refractivity contribution is 5.77. The average Bonchev–Trinajstić information content (AvgIpc) is 3.06. The molecule has 0 saturated heterocycles. The largest absolute Gasteiger partial charge is 0.484 e. The van der Waals surface area contributed by atoms with Crippen LogP contribution in [0.15, 0.2) is 54.6 Å². The average molecular weight is 380 g/mol. The number of imidazole rings is 1. The Bertz CT molecular complexity index is 887. The number of hydrogen-bond acceptors (Lipinski definition) is 3. The molecule has 0 unspecified atom stereocenters. The maximum Gasteiger partial charge on any atom is 0.257 e. The van der Waals surface area contributed by atoms with Crippen LogP contribution in [-0.4, -0.2) is 28.6 Å².